The highest BCUT2D eigenvalue weighted by atomic mass is 19.4. The average molecular weight is 388 g/mol. The van der Waals surface area contributed by atoms with Crippen molar-refractivity contribution in [2.75, 3.05) is 18.4 Å². The van der Waals surface area contributed by atoms with Crippen LogP contribution in [0, 0.1) is 18.8 Å². The number of alkyl halides is 3. The summed E-state index contributed by atoms with van der Waals surface area (Å²) < 4.78 is 40.0. The standard InChI is InChI=1S/C22H23F3N2O/c1-14-6-2-5-9-20(14)26-21(28)27-12-16-10-15(11-17(16)13-27)18-7-3-4-8-19(18)22(23,24)25/h2-9,15-17H,10-13H2,1H3,(H,26,28)/t15-,16+,17-. The van der Waals surface area contributed by atoms with Gasteiger partial charge in [0, 0.05) is 18.8 Å². The Morgan fingerprint density at radius 3 is 2.25 bits per heavy atom. The molecule has 4 rings (SSSR count). The molecule has 1 aliphatic carbocycles. The molecule has 1 aliphatic heterocycles. The summed E-state index contributed by atoms with van der Waals surface area (Å²) in [6, 6.07) is 13.4. The van der Waals surface area contributed by atoms with Gasteiger partial charge in [-0.15, -0.1) is 0 Å². The summed E-state index contributed by atoms with van der Waals surface area (Å²) in [6.45, 7) is 3.15. The van der Waals surface area contributed by atoms with E-state index in [0.29, 0.717) is 31.5 Å². The zero-order valence-electron chi connectivity index (χ0n) is 15.7. The number of para-hydroxylation sites is 1. The zero-order chi connectivity index (χ0) is 19.9. The fourth-order valence-corrected chi connectivity index (χ4v) is 4.74. The van der Waals surface area contributed by atoms with Gasteiger partial charge in [-0.25, -0.2) is 4.79 Å². The monoisotopic (exact) mass is 388 g/mol. The second-order valence-electron chi connectivity index (χ2n) is 7.92. The molecule has 0 bridgehead atoms. The zero-order valence-corrected chi connectivity index (χ0v) is 15.7. The first-order valence-electron chi connectivity index (χ1n) is 9.60. The third-order valence-electron chi connectivity index (χ3n) is 6.13. The van der Waals surface area contributed by atoms with Crippen molar-refractivity contribution >= 4 is 11.7 Å². The van der Waals surface area contributed by atoms with Crippen LogP contribution in [-0.4, -0.2) is 24.0 Å². The van der Waals surface area contributed by atoms with Gasteiger partial charge in [0.25, 0.3) is 0 Å². The number of rotatable bonds is 2. The number of benzene rings is 2. The van der Waals surface area contributed by atoms with Crippen molar-refractivity contribution in [3.05, 3.63) is 65.2 Å². The molecule has 0 unspecified atom stereocenters. The molecule has 28 heavy (non-hydrogen) atoms. The van der Waals surface area contributed by atoms with Gasteiger partial charge in [-0.2, -0.15) is 13.2 Å². The first-order chi connectivity index (χ1) is 13.3. The Labute approximate surface area is 162 Å². The van der Waals surface area contributed by atoms with E-state index in [1.54, 1.807) is 17.0 Å². The molecule has 2 aliphatic rings. The van der Waals surface area contributed by atoms with Crippen LogP contribution in [0.15, 0.2) is 48.5 Å². The maximum Gasteiger partial charge on any atom is 0.416 e. The topological polar surface area (TPSA) is 32.3 Å². The van der Waals surface area contributed by atoms with Crippen LogP contribution in [0.2, 0.25) is 0 Å². The van der Waals surface area contributed by atoms with Crippen molar-refractivity contribution in [1.29, 1.82) is 0 Å². The van der Waals surface area contributed by atoms with Crippen molar-refractivity contribution in [3.8, 4) is 0 Å². The average Bonchev–Trinajstić information content (AvgIpc) is 3.22. The lowest BCUT2D eigenvalue weighted by Crippen LogP contribution is -2.34. The van der Waals surface area contributed by atoms with Crippen LogP contribution in [0.3, 0.4) is 0 Å². The van der Waals surface area contributed by atoms with E-state index < -0.39 is 11.7 Å². The molecule has 2 fully saturated rings. The van der Waals surface area contributed by atoms with Gasteiger partial charge in [0.05, 0.1) is 5.56 Å². The van der Waals surface area contributed by atoms with Crippen LogP contribution in [0.4, 0.5) is 23.7 Å². The molecule has 2 amide bonds. The molecule has 3 nitrogen and oxygen atoms in total. The maximum atomic E-state index is 13.3. The highest BCUT2D eigenvalue weighted by molar-refractivity contribution is 5.90. The molecule has 0 radical (unpaired) electrons. The Morgan fingerprint density at radius 2 is 1.61 bits per heavy atom. The summed E-state index contributed by atoms with van der Waals surface area (Å²) in [7, 11) is 0. The maximum absolute atomic E-state index is 13.3. The summed E-state index contributed by atoms with van der Waals surface area (Å²) in [5, 5.41) is 2.95. The second kappa shape index (κ2) is 7.15. The van der Waals surface area contributed by atoms with Crippen LogP contribution in [0.5, 0.6) is 0 Å². The summed E-state index contributed by atoms with van der Waals surface area (Å²) in [5.41, 5.74) is 1.68. The minimum atomic E-state index is -4.33. The molecule has 1 N–H and O–H groups in total. The Bertz CT molecular complexity index is 866. The summed E-state index contributed by atoms with van der Waals surface area (Å²) in [5.74, 6) is 0.428. The molecule has 3 atom stereocenters. The van der Waals surface area contributed by atoms with Gasteiger partial charge >= 0.3 is 12.2 Å². The molecular weight excluding hydrogens is 365 g/mol. The quantitative estimate of drug-likeness (QED) is 0.706. The van der Waals surface area contributed by atoms with E-state index >= 15 is 0 Å². The Hall–Kier alpha value is -2.50. The molecule has 0 spiro atoms. The van der Waals surface area contributed by atoms with Crippen LogP contribution in [-0.2, 0) is 6.18 Å². The third kappa shape index (κ3) is 3.60. The number of carbonyl (C=O) groups excluding carboxylic acids is 1. The van der Waals surface area contributed by atoms with E-state index in [4.69, 9.17) is 0 Å². The van der Waals surface area contributed by atoms with Gasteiger partial charge in [-0.1, -0.05) is 36.4 Å². The fourth-order valence-electron chi connectivity index (χ4n) is 4.74. The van der Waals surface area contributed by atoms with E-state index in [0.717, 1.165) is 11.3 Å². The number of hydrogen-bond acceptors (Lipinski definition) is 1. The lowest BCUT2D eigenvalue weighted by Gasteiger charge is -2.22. The Balaban J connectivity index is 1.42. The molecule has 1 saturated heterocycles. The number of fused-ring (bicyclic) bond motifs is 1. The Morgan fingerprint density at radius 1 is 1.00 bits per heavy atom. The van der Waals surface area contributed by atoms with Gasteiger partial charge in [0.15, 0.2) is 0 Å². The lowest BCUT2D eigenvalue weighted by atomic mass is 9.91. The summed E-state index contributed by atoms with van der Waals surface area (Å²) >= 11 is 0. The van der Waals surface area contributed by atoms with Gasteiger partial charge in [-0.05, 0) is 60.8 Å². The number of anilines is 1. The van der Waals surface area contributed by atoms with E-state index in [9.17, 15) is 18.0 Å². The first kappa shape index (κ1) is 18.8. The van der Waals surface area contributed by atoms with Crippen molar-refractivity contribution in [3.63, 3.8) is 0 Å². The highest BCUT2D eigenvalue weighted by Crippen LogP contribution is 2.48. The minimum absolute atomic E-state index is 0.0885. The SMILES string of the molecule is Cc1ccccc1NC(=O)N1C[C@H]2C[C@H](c3ccccc3C(F)(F)F)C[C@H]2C1. The number of nitrogens with zero attached hydrogens (tertiary/aromatic N) is 1. The van der Waals surface area contributed by atoms with Crippen molar-refractivity contribution in [2.45, 2.75) is 31.9 Å². The minimum Gasteiger partial charge on any atom is -0.324 e. The molecule has 0 aromatic heterocycles. The van der Waals surface area contributed by atoms with Crippen LogP contribution in [0.1, 0.15) is 35.4 Å². The first-order valence-corrected chi connectivity index (χ1v) is 9.60. The number of halogens is 3. The molecule has 148 valence electrons. The largest absolute Gasteiger partial charge is 0.416 e. The van der Waals surface area contributed by atoms with Crippen molar-refractivity contribution in [2.24, 2.45) is 11.8 Å². The van der Waals surface area contributed by atoms with Gasteiger partial charge < -0.3 is 10.2 Å². The van der Waals surface area contributed by atoms with Crippen LogP contribution >= 0.6 is 0 Å². The van der Waals surface area contributed by atoms with Gasteiger partial charge in [0.2, 0.25) is 0 Å². The van der Waals surface area contributed by atoms with E-state index in [-0.39, 0.29) is 23.8 Å². The van der Waals surface area contributed by atoms with Gasteiger partial charge in [0.1, 0.15) is 0 Å². The number of urea groups is 1. The summed E-state index contributed by atoms with van der Waals surface area (Å²) in [4.78, 5) is 14.4. The molecular formula is C22H23F3N2O. The smallest absolute Gasteiger partial charge is 0.324 e. The summed E-state index contributed by atoms with van der Waals surface area (Å²) in [6.07, 6.45) is -2.93. The number of likely N-dealkylation sites (tertiary alicyclic amines) is 1. The van der Waals surface area contributed by atoms with Crippen molar-refractivity contribution in [1.82, 2.24) is 4.90 Å². The number of nitrogens with one attached hydrogen (secondary N) is 1. The van der Waals surface area contributed by atoms with Crippen molar-refractivity contribution < 1.29 is 18.0 Å². The normalized spacial score (nSPS) is 24.3. The van der Waals surface area contributed by atoms with Crippen LogP contribution in [0.25, 0.3) is 0 Å². The van der Waals surface area contributed by atoms with E-state index in [2.05, 4.69) is 5.32 Å². The predicted molar refractivity (Wildman–Crippen MR) is 102 cm³/mol. The number of aryl methyl sites for hydroxylation is 1. The lowest BCUT2D eigenvalue weighted by molar-refractivity contribution is -0.138. The molecule has 2 aromatic rings. The molecule has 2 aromatic carbocycles. The molecule has 6 heteroatoms. The van der Waals surface area contributed by atoms with Crippen LogP contribution < -0.4 is 5.32 Å². The van der Waals surface area contributed by atoms with E-state index in [1.165, 1.54) is 12.1 Å². The van der Waals surface area contributed by atoms with Gasteiger partial charge in [-0.3, -0.25) is 0 Å². The molecule has 1 heterocycles. The highest BCUT2D eigenvalue weighted by Gasteiger charge is 2.45. The number of hydrogen-bond donors (Lipinski definition) is 1. The third-order valence-corrected chi connectivity index (χ3v) is 6.13. The number of carbonyl (C=O) groups is 1. The number of amides is 2. The predicted octanol–water partition coefficient (Wildman–Crippen LogP) is 5.67. The Kier molecular flexibility index (Phi) is 4.81. The molecule has 1 saturated carbocycles. The van der Waals surface area contributed by atoms with E-state index in [1.807, 2.05) is 31.2 Å². The fraction of sp³-hybridized carbons (Fsp3) is 0.409. The second-order valence-corrected chi connectivity index (χ2v) is 7.92.